The van der Waals surface area contributed by atoms with Gasteiger partial charge >= 0.3 is 0 Å². The minimum Gasteiger partial charge on any atom is -0.377 e. The van der Waals surface area contributed by atoms with Crippen LogP contribution in [-0.2, 0) is 14.8 Å². The van der Waals surface area contributed by atoms with Gasteiger partial charge < -0.3 is 4.74 Å². The van der Waals surface area contributed by atoms with E-state index >= 15 is 0 Å². The lowest BCUT2D eigenvalue weighted by molar-refractivity contribution is 0.102. The second kappa shape index (κ2) is 4.95. The molecule has 1 aromatic carbocycles. The van der Waals surface area contributed by atoms with Gasteiger partial charge in [0.2, 0.25) is 10.0 Å². The lowest BCUT2D eigenvalue weighted by atomic mass is 10.2. The van der Waals surface area contributed by atoms with Crippen molar-refractivity contribution in [1.29, 1.82) is 0 Å². The number of halogens is 1. The lowest BCUT2D eigenvalue weighted by Crippen LogP contribution is -2.41. The fraction of sp³-hybridized carbons (Fsp3) is 0.500. The molecule has 1 heterocycles. The van der Waals surface area contributed by atoms with Gasteiger partial charge in [-0.15, -0.1) is 0 Å². The summed E-state index contributed by atoms with van der Waals surface area (Å²) in [4.78, 5) is -0.286. The van der Waals surface area contributed by atoms with Gasteiger partial charge in [-0.05, 0) is 25.5 Å². The van der Waals surface area contributed by atoms with Gasteiger partial charge in [-0.25, -0.2) is 12.8 Å². The standard InChI is InChI=1S/C12H16FNO3S/c1-9-11(7-8-17-9)14(2)18(15,16)12-6-4-3-5-10(12)13/h3-6,9,11H,7-8H2,1-2H3. The number of likely N-dealkylation sites (N-methyl/N-ethyl adjacent to an activating group) is 1. The van der Waals surface area contributed by atoms with Crippen LogP contribution in [0.3, 0.4) is 0 Å². The Labute approximate surface area is 106 Å². The van der Waals surface area contributed by atoms with Crippen molar-refractivity contribution in [3.8, 4) is 0 Å². The number of sulfonamides is 1. The fourth-order valence-corrected chi connectivity index (χ4v) is 3.69. The normalized spacial score (nSPS) is 24.7. The van der Waals surface area contributed by atoms with Crippen LogP contribution in [0.1, 0.15) is 13.3 Å². The molecular formula is C12H16FNO3S. The molecule has 0 saturated carbocycles. The van der Waals surface area contributed by atoms with E-state index in [1.807, 2.05) is 6.92 Å². The Hall–Kier alpha value is -0.980. The molecule has 4 nitrogen and oxygen atoms in total. The molecule has 2 unspecified atom stereocenters. The highest BCUT2D eigenvalue weighted by Gasteiger charge is 2.36. The van der Waals surface area contributed by atoms with Crippen LogP contribution < -0.4 is 0 Å². The molecule has 1 fully saturated rings. The highest BCUT2D eigenvalue weighted by Crippen LogP contribution is 2.25. The summed E-state index contributed by atoms with van der Waals surface area (Å²) >= 11 is 0. The predicted molar refractivity (Wildman–Crippen MR) is 65.2 cm³/mol. The summed E-state index contributed by atoms with van der Waals surface area (Å²) in [6.07, 6.45) is 0.460. The van der Waals surface area contributed by atoms with Gasteiger partial charge in [0.25, 0.3) is 0 Å². The average molecular weight is 273 g/mol. The number of hydrogen-bond donors (Lipinski definition) is 0. The molecule has 1 aliphatic heterocycles. The van der Waals surface area contributed by atoms with E-state index in [-0.39, 0.29) is 17.0 Å². The fourth-order valence-electron chi connectivity index (χ4n) is 2.19. The van der Waals surface area contributed by atoms with Crippen molar-refractivity contribution in [1.82, 2.24) is 4.31 Å². The minimum absolute atomic E-state index is 0.170. The molecule has 0 N–H and O–H groups in total. The Morgan fingerprint density at radius 3 is 2.61 bits per heavy atom. The van der Waals surface area contributed by atoms with Gasteiger partial charge in [-0.1, -0.05) is 12.1 Å². The molecule has 1 aromatic rings. The van der Waals surface area contributed by atoms with Crippen molar-refractivity contribution in [2.45, 2.75) is 30.4 Å². The van der Waals surface area contributed by atoms with Crippen LogP contribution in [-0.4, -0.2) is 38.5 Å². The van der Waals surface area contributed by atoms with Crippen molar-refractivity contribution >= 4 is 10.0 Å². The molecule has 1 aliphatic rings. The number of benzene rings is 1. The van der Waals surface area contributed by atoms with Crippen molar-refractivity contribution in [2.75, 3.05) is 13.7 Å². The molecule has 0 aliphatic carbocycles. The second-order valence-corrected chi connectivity index (χ2v) is 6.35. The Kier molecular flexibility index (Phi) is 3.70. The van der Waals surface area contributed by atoms with E-state index < -0.39 is 15.8 Å². The summed E-state index contributed by atoms with van der Waals surface area (Å²) in [5.74, 6) is -0.726. The largest absolute Gasteiger partial charge is 0.377 e. The Balaban J connectivity index is 2.34. The first-order valence-corrected chi connectivity index (χ1v) is 7.23. The minimum atomic E-state index is -3.81. The van der Waals surface area contributed by atoms with Crippen molar-refractivity contribution in [3.63, 3.8) is 0 Å². The SMILES string of the molecule is CC1OCCC1N(C)S(=O)(=O)c1ccccc1F. The zero-order valence-corrected chi connectivity index (χ0v) is 11.2. The van der Waals surface area contributed by atoms with E-state index in [2.05, 4.69) is 0 Å². The van der Waals surface area contributed by atoms with Crippen LogP contribution in [0, 0.1) is 5.82 Å². The molecule has 0 spiro atoms. The van der Waals surface area contributed by atoms with Crippen LogP contribution in [0.15, 0.2) is 29.2 Å². The van der Waals surface area contributed by atoms with Crippen molar-refractivity contribution in [3.05, 3.63) is 30.1 Å². The molecule has 0 bridgehead atoms. The Morgan fingerprint density at radius 1 is 1.39 bits per heavy atom. The number of ether oxygens (including phenoxy) is 1. The van der Waals surface area contributed by atoms with Crippen LogP contribution >= 0.6 is 0 Å². The molecule has 6 heteroatoms. The predicted octanol–water partition coefficient (Wildman–Crippen LogP) is 1.62. The topological polar surface area (TPSA) is 46.6 Å². The Bertz CT molecular complexity index is 532. The molecule has 0 aromatic heterocycles. The smallest absolute Gasteiger partial charge is 0.246 e. The third kappa shape index (κ3) is 2.28. The van der Waals surface area contributed by atoms with Gasteiger partial charge in [-0.3, -0.25) is 0 Å². The third-order valence-electron chi connectivity index (χ3n) is 3.30. The van der Waals surface area contributed by atoms with Gasteiger partial charge in [0.1, 0.15) is 10.7 Å². The van der Waals surface area contributed by atoms with Crippen molar-refractivity contribution < 1.29 is 17.5 Å². The lowest BCUT2D eigenvalue weighted by Gasteiger charge is -2.26. The van der Waals surface area contributed by atoms with Crippen LogP contribution in [0.5, 0.6) is 0 Å². The zero-order valence-electron chi connectivity index (χ0n) is 10.3. The van der Waals surface area contributed by atoms with E-state index in [4.69, 9.17) is 4.74 Å². The first-order chi connectivity index (χ1) is 8.44. The maximum atomic E-state index is 13.6. The summed E-state index contributed by atoms with van der Waals surface area (Å²) in [6.45, 7) is 2.36. The molecule has 18 heavy (non-hydrogen) atoms. The van der Waals surface area contributed by atoms with E-state index in [1.165, 1.54) is 29.6 Å². The van der Waals surface area contributed by atoms with Gasteiger partial charge in [0.15, 0.2) is 0 Å². The molecule has 0 amide bonds. The van der Waals surface area contributed by atoms with Gasteiger partial charge in [0.05, 0.1) is 12.1 Å². The molecule has 100 valence electrons. The molecule has 2 rings (SSSR count). The van der Waals surface area contributed by atoms with E-state index in [0.717, 1.165) is 6.07 Å². The summed E-state index contributed by atoms with van der Waals surface area (Å²) in [7, 11) is -2.34. The molecule has 1 saturated heterocycles. The number of hydrogen-bond acceptors (Lipinski definition) is 3. The van der Waals surface area contributed by atoms with Gasteiger partial charge in [-0.2, -0.15) is 4.31 Å². The maximum absolute atomic E-state index is 13.6. The summed E-state index contributed by atoms with van der Waals surface area (Å²) in [5.41, 5.74) is 0. The van der Waals surface area contributed by atoms with Crippen LogP contribution in [0.4, 0.5) is 4.39 Å². The summed E-state index contributed by atoms with van der Waals surface area (Å²) < 4.78 is 44.8. The molecule has 2 atom stereocenters. The van der Waals surface area contributed by atoms with Crippen LogP contribution in [0.25, 0.3) is 0 Å². The first-order valence-electron chi connectivity index (χ1n) is 5.79. The quantitative estimate of drug-likeness (QED) is 0.841. The summed E-state index contributed by atoms with van der Waals surface area (Å²) in [5, 5.41) is 0. The first kappa shape index (κ1) is 13.5. The maximum Gasteiger partial charge on any atom is 0.246 e. The van der Waals surface area contributed by atoms with Crippen molar-refractivity contribution in [2.24, 2.45) is 0 Å². The monoisotopic (exact) mass is 273 g/mol. The number of rotatable bonds is 3. The highest BCUT2D eigenvalue weighted by molar-refractivity contribution is 7.89. The Morgan fingerprint density at radius 2 is 2.06 bits per heavy atom. The van der Waals surface area contributed by atoms with Gasteiger partial charge in [0, 0.05) is 13.7 Å². The van der Waals surface area contributed by atoms with E-state index in [1.54, 1.807) is 0 Å². The summed E-state index contributed by atoms with van der Waals surface area (Å²) in [6, 6.07) is 5.17. The number of nitrogens with zero attached hydrogens (tertiary/aromatic N) is 1. The average Bonchev–Trinajstić information content (AvgIpc) is 2.74. The molecular weight excluding hydrogens is 257 g/mol. The van der Waals surface area contributed by atoms with E-state index in [0.29, 0.717) is 13.0 Å². The van der Waals surface area contributed by atoms with Crippen LogP contribution in [0.2, 0.25) is 0 Å². The highest BCUT2D eigenvalue weighted by atomic mass is 32.2. The zero-order chi connectivity index (χ0) is 13.3. The van der Waals surface area contributed by atoms with E-state index in [9.17, 15) is 12.8 Å². The third-order valence-corrected chi connectivity index (χ3v) is 5.21. The second-order valence-electron chi connectivity index (χ2n) is 4.38. The molecule has 0 radical (unpaired) electrons.